The van der Waals surface area contributed by atoms with Crippen molar-refractivity contribution in [2.24, 2.45) is 5.84 Å². The third-order valence-electron chi connectivity index (χ3n) is 1.36. The molecule has 0 aliphatic rings. The highest BCUT2D eigenvalue weighted by Gasteiger charge is 2.10. The minimum atomic E-state index is -0.515. The summed E-state index contributed by atoms with van der Waals surface area (Å²) in [5.74, 6) is 4.36. The zero-order chi connectivity index (χ0) is 11.4. The molecule has 0 spiro atoms. The third-order valence-corrected chi connectivity index (χ3v) is 2.30. The van der Waals surface area contributed by atoms with Crippen LogP contribution in [0.4, 0.5) is 0 Å². The molecule has 3 N–H and O–H groups in total. The number of aromatic nitrogens is 1. The molecule has 0 unspecified atom stereocenters. The second-order valence-corrected chi connectivity index (χ2v) is 3.58. The molecule has 0 aliphatic carbocycles. The van der Waals surface area contributed by atoms with Gasteiger partial charge in [-0.25, -0.2) is 5.84 Å². The van der Waals surface area contributed by atoms with E-state index in [4.69, 9.17) is 45.4 Å². The average Bonchev–Trinajstić information content (AvgIpc) is 2.21. The molecule has 0 atom stereocenters. The predicted molar refractivity (Wildman–Crippen MR) is 57.1 cm³/mol. The van der Waals surface area contributed by atoms with Gasteiger partial charge in [0, 0.05) is 0 Å². The molecule has 1 heterocycles. The summed E-state index contributed by atoms with van der Waals surface area (Å²) in [6, 6.07) is 1.37. The summed E-state index contributed by atoms with van der Waals surface area (Å²) in [6.45, 7) is -0.304. The molecule has 82 valence electrons. The number of nitrogens with one attached hydrogen (secondary N) is 1. The van der Waals surface area contributed by atoms with Crippen molar-refractivity contribution >= 4 is 40.7 Å². The Hall–Kier alpha value is -0.750. The molecule has 1 rings (SSSR count). The predicted octanol–water partition coefficient (Wildman–Crippen LogP) is 1.41. The van der Waals surface area contributed by atoms with E-state index in [-0.39, 0.29) is 27.7 Å². The van der Waals surface area contributed by atoms with Crippen molar-refractivity contribution in [3.05, 3.63) is 21.3 Å². The zero-order valence-corrected chi connectivity index (χ0v) is 9.53. The fourth-order valence-electron chi connectivity index (χ4n) is 0.705. The highest BCUT2D eigenvalue weighted by molar-refractivity contribution is 6.42. The topological polar surface area (TPSA) is 77.2 Å². The normalized spacial score (nSPS) is 9.87. The van der Waals surface area contributed by atoms with Crippen LogP contribution in [0.15, 0.2) is 6.07 Å². The van der Waals surface area contributed by atoms with Crippen molar-refractivity contribution in [3.8, 4) is 5.88 Å². The van der Waals surface area contributed by atoms with Gasteiger partial charge in [-0.1, -0.05) is 34.8 Å². The number of ether oxygens (including phenoxy) is 1. The summed E-state index contributed by atoms with van der Waals surface area (Å²) in [4.78, 5) is 14.5. The van der Waals surface area contributed by atoms with Crippen LogP contribution >= 0.6 is 34.8 Å². The molecule has 1 amide bonds. The maximum Gasteiger partial charge on any atom is 0.271 e. The van der Waals surface area contributed by atoms with E-state index in [0.717, 1.165) is 0 Å². The van der Waals surface area contributed by atoms with Crippen molar-refractivity contribution < 1.29 is 9.53 Å². The average molecular weight is 271 g/mol. The quantitative estimate of drug-likeness (QED) is 0.377. The van der Waals surface area contributed by atoms with Crippen LogP contribution in [0.2, 0.25) is 15.2 Å². The minimum Gasteiger partial charge on any atom is -0.466 e. The molecule has 8 heteroatoms. The first-order valence-electron chi connectivity index (χ1n) is 3.68. The number of hydrogen-bond donors (Lipinski definition) is 2. The number of nitrogens with two attached hydrogens (primary N) is 1. The molecule has 0 bridgehead atoms. The van der Waals surface area contributed by atoms with Crippen LogP contribution in [-0.4, -0.2) is 17.5 Å². The summed E-state index contributed by atoms with van der Waals surface area (Å²) in [5, 5.41) is 0.413. The number of nitrogens with zero attached hydrogens (tertiary/aromatic N) is 1. The first-order valence-corrected chi connectivity index (χ1v) is 4.81. The van der Waals surface area contributed by atoms with E-state index in [1.54, 1.807) is 0 Å². The highest BCUT2D eigenvalue weighted by Crippen LogP contribution is 2.30. The second kappa shape index (κ2) is 5.37. The van der Waals surface area contributed by atoms with Gasteiger partial charge in [-0.2, -0.15) is 4.98 Å². The Morgan fingerprint density at radius 1 is 1.47 bits per heavy atom. The van der Waals surface area contributed by atoms with Crippen LogP contribution in [0.1, 0.15) is 0 Å². The van der Waals surface area contributed by atoms with Crippen LogP contribution < -0.4 is 16.0 Å². The van der Waals surface area contributed by atoms with E-state index < -0.39 is 5.91 Å². The molecule has 0 fully saturated rings. The second-order valence-electron chi connectivity index (χ2n) is 2.40. The number of amides is 1. The highest BCUT2D eigenvalue weighted by atomic mass is 35.5. The molecular formula is C7H6Cl3N3O2. The van der Waals surface area contributed by atoms with Crippen molar-refractivity contribution in [1.29, 1.82) is 0 Å². The number of carbonyl (C=O) groups excluding carboxylic acids is 1. The molecule has 5 nitrogen and oxygen atoms in total. The van der Waals surface area contributed by atoms with Crippen molar-refractivity contribution in [3.63, 3.8) is 0 Å². The van der Waals surface area contributed by atoms with Crippen LogP contribution in [0.25, 0.3) is 0 Å². The largest absolute Gasteiger partial charge is 0.466 e. The standard InChI is InChI=1S/C7H6Cl3N3O2/c8-3-1-4(9)7(12-6(3)10)15-2-5(14)13-11/h1H,2,11H2,(H,13,14). The molecular weight excluding hydrogens is 264 g/mol. The molecule has 1 aromatic heterocycles. The van der Waals surface area contributed by atoms with Crippen molar-refractivity contribution in [1.82, 2.24) is 10.4 Å². The Morgan fingerprint density at radius 3 is 2.73 bits per heavy atom. The van der Waals surface area contributed by atoms with Gasteiger partial charge in [-0.15, -0.1) is 0 Å². The van der Waals surface area contributed by atoms with Gasteiger partial charge >= 0.3 is 0 Å². The maximum absolute atomic E-state index is 10.8. The van der Waals surface area contributed by atoms with Crippen LogP contribution in [0, 0.1) is 0 Å². The first-order chi connectivity index (χ1) is 7.04. The lowest BCUT2D eigenvalue weighted by atomic mass is 10.5. The van der Waals surface area contributed by atoms with Crippen molar-refractivity contribution in [2.45, 2.75) is 0 Å². The van der Waals surface area contributed by atoms with Crippen LogP contribution in [-0.2, 0) is 4.79 Å². The number of hydrazine groups is 1. The van der Waals surface area contributed by atoms with E-state index in [1.165, 1.54) is 6.07 Å². The Bertz CT molecular complexity index is 386. The minimum absolute atomic E-state index is 0.0228. The molecule has 0 aromatic carbocycles. The number of hydrogen-bond acceptors (Lipinski definition) is 4. The summed E-state index contributed by atoms with van der Waals surface area (Å²) < 4.78 is 4.95. The summed E-state index contributed by atoms with van der Waals surface area (Å²) >= 11 is 17.0. The van der Waals surface area contributed by atoms with E-state index in [2.05, 4.69) is 4.98 Å². The number of halogens is 3. The van der Waals surface area contributed by atoms with Gasteiger partial charge in [0.05, 0.1) is 5.02 Å². The lowest BCUT2D eigenvalue weighted by Gasteiger charge is -2.06. The Balaban J connectivity index is 2.77. The molecule has 0 radical (unpaired) electrons. The molecule has 1 aromatic rings. The van der Waals surface area contributed by atoms with Gasteiger partial charge in [-0.3, -0.25) is 10.2 Å². The summed E-state index contributed by atoms with van der Waals surface area (Å²) in [5.41, 5.74) is 1.89. The Labute approximate surface area is 100 Å². The van der Waals surface area contributed by atoms with Gasteiger partial charge < -0.3 is 4.74 Å². The fourth-order valence-corrected chi connectivity index (χ4v) is 1.25. The smallest absolute Gasteiger partial charge is 0.271 e. The maximum atomic E-state index is 10.8. The van der Waals surface area contributed by atoms with Crippen LogP contribution in [0.5, 0.6) is 5.88 Å². The van der Waals surface area contributed by atoms with Gasteiger partial charge in [0.2, 0.25) is 5.88 Å². The van der Waals surface area contributed by atoms with Crippen molar-refractivity contribution in [2.75, 3.05) is 6.61 Å². The number of rotatable bonds is 3. The summed E-state index contributed by atoms with van der Waals surface area (Å²) in [6.07, 6.45) is 0. The lowest BCUT2D eigenvalue weighted by molar-refractivity contribution is -0.123. The van der Waals surface area contributed by atoms with E-state index in [9.17, 15) is 4.79 Å². The summed E-state index contributed by atoms with van der Waals surface area (Å²) in [7, 11) is 0. The van der Waals surface area contributed by atoms with E-state index >= 15 is 0 Å². The lowest BCUT2D eigenvalue weighted by Crippen LogP contribution is -2.34. The number of pyridine rings is 1. The number of carbonyl (C=O) groups is 1. The van der Waals surface area contributed by atoms with E-state index in [1.807, 2.05) is 5.43 Å². The van der Waals surface area contributed by atoms with E-state index in [0.29, 0.717) is 0 Å². The zero-order valence-electron chi connectivity index (χ0n) is 7.26. The monoisotopic (exact) mass is 269 g/mol. The first kappa shape index (κ1) is 12.3. The Morgan fingerprint density at radius 2 is 2.13 bits per heavy atom. The van der Waals surface area contributed by atoms with Gasteiger partial charge in [0.25, 0.3) is 5.91 Å². The van der Waals surface area contributed by atoms with Crippen LogP contribution in [0.3, 0.4) is 0 Å². The molecule has 15 heavy (non-hydrogen) atoms. The third kappa shape index (κ3) is 3.39. The molecule has 0 saturated carbocycles. The fraction of sp³-hybridized carbons (Fsp3) is 0.143. The molecule has 0 saturated heterocycles. The Kier molecular flexibility index (Phi) is 4.41. The van der Waals surface area contributed by atoms with Gasteiger partial charge in [0.1, 0.15) is 5.02 Å². The van der Waals surface area contributed by atoms with Gasteiger partial charge in [0.15, 0.2) is 11.8 Å². The van der Waals surface area contributed by atoms with Gasteiger partial charge in [-0.05, 0) is 6.07 Å². The molecule has 0 aliphatic heterocycles. The SMILES string of the molecule is NNC(=O)COc1nc(Cl)c(Cl)cc1Cl.